The number of halogens is 1. The first kappa shape index (κ1) is 20.9. The van der Waals surface area contributed by atoms with Crippen LogP contribution in [-0.4, -0.2) is 28.3 Å². The standard InChI is InChI=1S/C21H34FNO3/c1-3-5-6-7-8-9-12-21(25)13-10-16(11-14-21)17-15-23-19(18(17)22)20(24)26-4-2/h15-16,23,25H,3-14H2,1-2H3. The Bertz CT molecular complexity index is 562. The smallest absolute Gasteiger partial charge is 0.357 e. The summed E-state index contributed by atoms with van der Waals surface area (Å²) in [5.41, 5.74) is -0.137. The molecule has 0 aromatic carbocycles. The lowest BCUT2D eigenvalue weighted by Crippen LogP contribution is -2.33. The number of rotatable bonds is 10. The van der Waals surface area contributed by atoms with E-state index in [1.165, 1.54) is 32.1 Å². The maximum absolute atomic E-state index is 14.5. The van der Waals surface area contributed by atoms with Gasteiger partial charge < -0.3 is 14.8 Å². The van der Waals surface area contributed by atoms with Crippen LogP contribution in [0.3, 0.4) is 0 Å². The molecular formula is C21H34FNO3. The van der Waals surface area contributed by atoms with Crippen molar-refractivity contribution in [1.82, 2.24) is 4.98 Å². The van der Waals surface area contributed by atoms with Gasteiger partial charge in [-0.05, 0) is 44.9 Å². The molecule has 148 valence electrons. The van der Waals surface area contributed by atoms with Gasteiger partial charge in [0.15, 0.2) is 11.5 Å². The molecule has 0 bridgehead atoms. The molecule has 2 rings (SSSR count). The highest BCUT2D eigenvalue weighted by molar-refractivity contribution is 5.88. The van der Waals surface area contributed by atoms with E-state index in [-0.39, 0.29) is 18.2 Å². The Morgan fingerprint density at radius 1 is 1.23 bits per heavy atom. The second kappa shape index (κ2) is 10.1. The third kappa shape index (κ3) is 5.57. The molecule has 26 heavy (non-hydrogen) atoms. The Hall–Kier alpha value is -1.36. The van der Waals surface area contributed by atoms with Gasteiger partial charge in [0.05, 0.1) is 12.2 Å². The lowest BCUT2D eigenvalue weighted by atomic mass is 9.74. The number of aromatic nitrogens is 1. The molecule has 2 N–H and O–H groups in total. The predicted octanol–water partition coefficient (Wildman–Crippen LogP) is 5.47. The summed E-state index contributed by atoms with van der Waals surface area (Å²) < 4.78 is 19.4. The van der Waals surface area contributed by atoms with Gasteiger partial charge in [-0.15, -0.1) is 0 Å². The lowest BCUT2D eigenvalue weighted by molar-refractivity contribution is -0.0108. The number of unbranched alkanes of at least 4 members (excludes halogenated alkanes) is 5. The average Bonchev–Trinajstić information content (AvgIpc) is 3.00. The van der Waals surface area contributed by atoms with Crippen LogP contribution in [0.1, 0.15) is 106 Å². The molecule has 0 atom stereocenters. The number of carbonyl (C=O) groups is 1. The summed E-state index contributed by atoms with van der Waals surface area (Å²) in [6.45, 7) is 4.14. The molecule has 1 fully saturated rings. The van der Waals surface area contributed by atoms with Crippen molar-refractivity contribution in [3.63, 3.8) is 0 Å². The molecule has 0 spiro atoms. The first-order chi connectivity index (χ1) is 12.5. The summed E-state index contributed by atoms with van der Waals surface area (Å²) in [4.78, 5) is 14.5. The number of aromatic amines is 1. The summed E-state index contributed by atoms with van der Waals surface area (Å²) >= 11 is 0. The van der Waals surface area contributed by atoms with Crippen molar-refractivity contribution in [2.24, 2.45) is 0 Å². The van der Waals surface area contributed by atoms with Crippen molar-refractivity contribution in [3.8, 4) is 0 Å². The Kier molecular flexibility index (Phi) is 8.14. The van der Waals surface area contributed by atoms with Crippen LogP contribution in [0.15, 0.2) is 6.20 Å². The van der Waals surface area contributed by atoms with E-state index in [4.69, 9.17) is 4.74 Å². The van der Waals surface area contributed by atoms with Crippen LogP contribution >= 0.6 is 0 Å². The minimum Gasteiger partial charge on any atom is -0.461 e. The molecular weight excluding hydrogens is 333 g/mol. The molecule has 1 aromatic heterocycles. The number of aliphatic hydroxyl groups is 1. The predicted molar refractivity (Wildman–Crippen MR) is 101 cm³/mol. The van der Waals surface area contributed by atoms with Crippen LogP contribution < -0.4 is 0 Å². The van der Waals surface area contributed by atoms with Gasteiger partial charge in [-0.3, -0.25) is 0 Å². The Labute approximate surface area is 156 Å². The molecule has 1 aliphatic rings. The summed E-state index contributed by atoms with van der Waals surface area (Å²) in [6, 6.07) is 0. The van der Waals surface area contributed by atoms with Gasteiger partial charge in [0.1, 0.15) is 0 Å². The fourth-order valence-electron chi connectivity index (χ4n) is 4.02. The zero-order valence-electron chi connectivity index (χ0n) is 16.3. The summed E-state index contributed by atoms with van der Waals surface area (Å²) in [7, 11) is 0. The van der Waals surface area contributed by atoms with Gasteiger partial charge in [0.25, 0.3) is 0 Å². The van der Waals surface area contributed by atoms with Gasteiger partial charge in [0, 0.05) is 11.8 Å². The number of hydrogen-bond donors (Lipinski definition) is 2. The summed E-state index contributed by atoms with van der Waals surface area (Å²) in [6.07, 6.45) is 12.7. The van der Waals surface area contributed by atoms with Gasteiger partial charge in [-0.2, -0.15) is 0 Å². The second-order valence-corrected chi connectivity index (χ2v) is 7.67. The number of hydrogen-bond acceptors (Lipinski definition) is 3. The van der Waals surface area contributed by atoms with Crippen molar-refractivity contribution in [3.05, 3.63) is 23.3 Å². The highest BCUT2D eigenvalue weighted by Crippen LogP contribution is 2.41. The molecule has 1 aromatic rings. The van der Waals surface area contributed by atoms with Crippen LogP contribution in [0.25, 0.3) is 0 Å². The van der Waals surface area contributed by atoms with Crippen LogP contribution in [0.2, 0.25) is 0 Å². The van der Waals surface area contributed by atoms with Crippen molar-refractivity contribution in [1.29, 1.82) is 0 Å². The maximum Gasteiger partial charge on any atom is 0.357 e. The Morgan fingerprint density at radius 2 is 1.88 bits per heavy atom. The molecule has 0 radical (unpaired) electrons. The van der Waals surface area contributed by atoms with E-state index in [1.54, 1.807) is 13.1 Å². The highest BCUT2D eigenvalue weighted by atomic mass is 19.1. The zero-order valence-corrected chi connectivity index (χ0v) is 16.3. The topological polar surface area (TPSA) is 62.3 Å². The van der Waals surface area contributed by atoms with E-state index in [0.29, 0.717) is 18.4 Å². The maximum atomic E-state index is 14.5. The fourth-order valence-corrected chi connectivity index (χ4v) is 4.02. The quantitative estimate of drug-likeness (QED) is 0.426. The molecule has 0 saturated heterocycles. The number of ether oxygens (including phenoxy) is 1. The minimum absolute atomic E-state index is 0.0549. The van der Waals surface area contributed by atoms with Crippen LogP contribution in [0, 0.1) is 5.82 Å². The second-order valence-electron chi connectivity index (χ2n) is 7.67. The van der Waals surface area contributed by atoms with Crippen molar-refractivity contribution >= 4 is 5.97 Å². The minimum atomic E-state index is -0.647. The molecule has 1 heterocycles. The van der Waals surface area contributed by atoms with Crippen LogP contribution in [-0.2, 0) is 4.74 Å². The molecule has 0 unspecified atom stereocenters. The number of carbonyl (C=O) groups excluding carboxylic acids is 1. The largest absolute Gasteiger partial charge is 0.461 e. The van der Waals surface area contributed by atoms with Gasteiger partial charge >= 0.3 is 5.97 Å². The van der Waals surface area contributed by atoms with Gasteiger partial charge in [-0.1, -0.05) is 45.4 Å². The first-order valence-corrected chi connectivity index (χ1v) is 10.3. The highest BCUT2D eigenvalue weighted by Gasteiger charge is 2.35. The molecule has 1 saturated carbocycles. The molecule has 5 heteroatoms. The average molecular weight is 368 g/mol. The normalized spacial score (nSPS) is 23.2. The first-order valence-electron chi connectivity index (χ1n) is 10.3. The fraction of sp³-hybridized carbons (Fsp3) is 0.762. The molecule has 1 aliphatic carbocycles. The monoisotopic (exact) mass is 367 g/mol. The summed E-state index contributed by atoms with van der Waals surface area (Å²) in [5, 5.41) is 10.8. The van der Waals surface area contributed by atoms with E-state index in [1.807, 2.05) is 0 Å². The Balaban J connectivity index is 1.81. The SMILES string of the molecule is CCCCCCCCC1(O)CCC(c2c[nH]c(C(=O)OCC)c2F)CC1. The number of esters is 1. The number of H-pyrrole nitrogens is 1. The summed E-state index contributed by atoms with van der Waals surface area (Å²) in [5.74, 6) is -1.08. The molecule has 0 aliphatic heterocycles. The van der Waals surface area contributed by atoms with Gasteiger partial charge in [0.2, 0.25) is 0 Å². The van der Waals surface area contributed by atoms with E-state index in [9.17, 15) is 14.3 Å². The van der Waals surface area contributed by atoms with Crippen molar-refractivity contribution in [2.75, 3.05) is 6.61 Å². The third-order valence-corrected chi connectivity index (χ3v) is 5.68. The van der Waals surface area contributed by atoms with E-state index < -0.39 is 17.4 Å². The lowest BCUT2D eigenvalue weighted by Gasteiger charge is -2.36. The van der Waals surface area contributed by atoms with E-state index in [0.717, 1.165) is 25.7 Å². The van der Waals surface area contributed by atoms with Crippen LogP contribution in [0.4, 0.5) is 4.39 Å². The van der Waals surface area contributed by atoms with Crippen LogP contribution in [0.5, 0.6) is 0 Å². The van der Waals surface area contributed by atoms with Gasteiger partial charge in [-0.25, -0.2) is 9.18 Å². The zero-order chi connectivity index (χ0) is 19.0. The molecule has 0 amide bonds. The Morgan fingerprint density at radius 3 is 2.54 bits per heavy atom. The van der Waals surface area contributed by atoms with Crippen molar-refractivity contribution < 1.29 is 19.0 Å². The van der Waals surface area contributed by atoms with E-state index >= 15 is 0 Å². The molecule has 4 nitrogen and oxygen atoms in total. The number of nitrogens with one attached hydrogen (secondary N) is 1. The van der Waals surface area contributed by atoms with Crippen molar-refractivity contribution in [2.45, 2.75) is 96.0 Å². The third-order valence-electron chi connectivity index (χ3n) is 5.68. The van der Waals surface area contributed by atoms with E-state index in [2.05, 4.69) is 11.9 Å².